The number of aliphatic hydroxyl groups excluding tert-OH is 1. The van der Waals surface area contributed by atoms with Crippen molar-refractivity contribution in [1.82, 2.24) is 9.88 Å². The lowest BCUT2D eigenvalue weighted by atomic mass is 10.1. The molecule has 1 aromatic heterocycles. The van der Waals surface area contributed by atoms with Crippen LogP contribution in [0.1, 0.15) is 17.3 Å². The van der Waals surface area contributed by atoms with Crippen molar-refractivity contribution in [3.8, 4) is 5.75 Å². The van der Waals surface area contributed by atoms with Gasteiger partial charge in [0.1, 0.15) is 18.5 Å². The summed E-state index contributed by atoms with van der Waals surface area (Å²) in [5, 5.41) is 13.3. The third-order valence-corrected chi connectivity index (χ3v) is 5.07. The van der Waals surface area contributed by atoms with Gasteiger partial charge in [0.15, 0.2) is 10.9 Å². The lowest BCUT2D eigenvalue weighted by molar-refractivity contribution is 0.0663. The van der Waals surface area contributed by atoms with Crippen molar-refractivity contribution in [1.29, 1.82) is 0 Å². The number of ether oxygens (including phenoxy) is 1. The van der Waals surface area contributed by atoms with Gasteiger partial charge in [0.25, 0.3) is 0 Å². The second-order valence-corrected chi connectivity index (χ2v) is 7.02. The number of thiazole rings is 1. The Labute approximate surface area is 151 Å². The summed E-state index contributed by atoms with van der Waals surface area (Å²) in [5.74, 6) is 0.695. The molecular formula is C18H23N3O3S. The molecule has 0 bridgehead atoms. The smallest absolute Gasteiger partial charge is 0.185 e. The van der Waals surface area contributed by atoms with Gasteiger partial charge in [-0.2, -0.15) is 0 Å². The second kappa shape index (κ2) is 8.42. The average molecular weight is 361 g/mol. The van der Waals surface area contributed by atoms with Crippen LogP contribution in [0.4, 0.5) is 5.13 Å². The topological polar surface area (TPSA) is 65.9 Å². The molecule has 1 N–H and O–H groups in total. The summed E-state index contributed by atoms with van der Waals surface area (Å²) in [6.45, 7) is 6.03. The molecule has 1 unspecified atom stereocenters. The first-order chi connectivity index (χ1) is 12.1. The predicted octanol–water partition coefficient (Wildman–Crippen LogP) is 1.91. The molecule has 0 spiro atoms. The Bertz CT molecular complexity index is 667. The zero-order valence-corrected chi connectivity index (χ0v) is 15.1. The van der Waals surface area contributed by atoms with Crippen molar-refractivity contribution in [2.45, 2.75) is 13.0 Å². The number of aromatic nitrogens is 1. The molecule has 7 heteroatoms. The molecule has 2 heterocycles. The minimum Gasteiger partial charge on any atom is -0.491 e. The summed E-state index contributed by atoms with van der Waals surface area (Å²) in [5.41, 5.74) is 0.658. The van der Waals surface area contributed by atoms with E-state index in [4.69, 9.17) is 4.74 Å². The van der Waals surface area contributed by atoms with Crippen LogP contribution in [0.3, 0.4) is 0 Å². The standard InChI is InChI=1S/C18H23N3O3S/c1-14(22)15-2-4-17(5-3-15)24-13-16(23)12-20-7-9-21(10-8-20)18-19-6-11-25-18/h2-6,11,16,23H,7-10,12-13H2,1H3. The highest BCUT2D eigenvalue weighted by Crippen LogP contribution is 2.19. The largest absolute Gasteiger partial charge is 0.491 e. The third-order valence-electron chi connectivity index (χ3n) is 4.23. The monoisotopic (exact) mass is 361 g/mol. The van der Waals surface area contributed by atoms with Gasteiger partial charge in [0.05, 0.1) is 0 Å². The number of aliphatic hydroxyl groups is 1. The summed E-state index contributed by atoms with van der Waals surface area (Å²) in [6.07, 6.45) is 1.29. The number of ketones is 1. The van der Waals surface area contributed by atoms with E-state index in [2.05, 4.69) is 14.8 Å². The maximum absolute atomic E-state index is 11.2. The van der Waals surface area contributed by atoms with Crippen molar-refractivity contribution >= 4 is 22.3 Å². The summed E-state index contributed by atoms with van der Waals surface area (Å²) >= 11 is 1.66. The number of β-amino-alcohol motifs (C(OH)–C–C–N with tert-alkyl or cyclic N) is 1. The number of carbonyl (C=O) groups excluding carboxylic acids is 1. The molecule has 0 amide bonds. The van der Waals surface area contributed by atoms with Crippen molar-refractivity contribution in [3.63, 3.8) is 0 Å². The molecule has 25 heavy (non-hydrogen) atoms. The van der Waals surface area contributed by atoms with Gasteiger partial charge < -0.3 is 14.7 Å². The lowest BCUT2D eigenvalue weighted by Crippen LogP contribution is -2.49. The van der Waals surface area contributed by atoms with Crippen molar-refractivity contribution < 1.29 is 14.6 Å². The van der Waals surface area contributed by atoms with E-state index < -0.39 is 6.10 Å². The lowest BCUT2D eigenvalue weighted by Gasteiger charge is -2.35. The fourth-order valence-electron chi connectivity index (χ4n) is 2.82. The first-order valence-electron chi connectivity index (χ1n) is 8.40. The molecule has 1 aliphatic rings. The molecule has 2 aromatic rings. The van der Waals surface area contributed by atoms with Crippen LogP contribution in [-0.4, -0.2) is 66.2 Å². The maximum atomic E-state index is 11.2. The summed E-state index contributed by atoms with van der Waals surface area (Å²) in [7, 11) is 0. The fraction of sp³-hybridized carbons (Fsp3) is 0.444. The number of piperazine rings is 1. The van der Waals surface area contributed by atoms with Crippen LogP contribution in [-0.2, 0) is 0 Å². The normalized spacial score (nSPS) is 16.6. The first-order valence-corrected chi connectivity index (χ1v) is 9.28. The van der Waals surface area contributed by atoms with E-state index in [1.807, 2.05) is 11.6 Å². The highest BCUT2D eigenvalue weighted by atomic mass is 32.1. The minimum absolute atomic E-state index is 0.0310. The Morgan fingerprint density at radius 2 is 2.00 bits per heavy atom. The van der Waals surface area contributed by atoms with E-state index >= 15 is 0 Å². The van der Waals surface area contributed by atoms with E-state index in [1.54, 1.807) is 35.6 Å². The van der Waals surface area contributed by atoms with Crippen molar-refractivity contribution in [2.24, 2.45) is 0 Å². The number of rotatable bonds is 7. The molecule has 1 aromatic carbocycles. The SMILES string of the molecule is CC(=O)c1ccc(OCC(O)CN2CCN(c3nccs3)CC2)cc1. The van der Waals surface area contributed by atoms with Crippen molar-refractivity contribution in [2.75, 3.05) is 44.2 Å². The second-order valence-electron chi connectivity index (χ2n) is 6.15. The highest BCUT2D eigenvalue weighted by Gasteiger charge is 2.20. The Balaban J connectivity index is 1.39. The molecule has 0 aliphatic carbocycles. The van der Waals surface area contributed by atoms with Crippen LogP contribution >= 0.6 is 11.3 Å². The minimum atomic E-state index is -0.543. The number of hydrogen-bond acceptors (Lipinski definition) is 7. The Morgan fingerprint density at radius 3 is 2.60 bits per heavy atom. The van der Waals surface area contributed by atoms with E-state index in [1.165, 1.54) is 6.92 Å². The molecule has 134 valence electrons. The summed E-state index contributed by atoms with van der Waals surface area (Å²) in [6, 6.07) is 7.00. The Hall–Kier alpha value is -1.96. The summed E-state index contributed by atoms with van der Waals surface area (Å²) < 4.78 is 5.62. The molecule has 0 radical (unpaired) electrons. The van der Waals surface area contributed by atoms with Crippen LogP contribution in [0.5, 0.6) is 5.75 Å². The molecule has 1 fully saturated rings. The highest BCUT2D eigenvalue weighted by molar-refractivity contribution is 7.13. The fourth-order valence-corrected chi connectivity index (χ4v) is 3.52. The van der Waals surface area contributed by atoms with E-state index in [9.17, 15) is 9.90 Å². The van der Waals surface area contributed by atoms with Gasteiger partial charge >= 0.3 is 0 Å². The average Bonchev–Trinajstić information content (AvgIpc) is 3.15. The van der Waals surface area contributed by atoms with E-state index in [-0.39, 0.29) is 12.4 Å². The molecule has 0 saturated carbocycles. The molecule has 1 atom stereocenters. The first kappa shape index (κ1) is 17.8. The van der Waals surface area contributed by atoms with Crippen LogP contribution in [0.2, 0.25) is 0 Å². The Kier molecular flexibility index (Phi) is 6.01. The Morgan fingerprint density at radius 1 is 1.28 bits per heavy atom. The van der Waals surface area contributed by atoms with Crippen LogP contribution < -0.4 is 9.64 Å². The predicted molar refractivity (Wildman–Crippen MR) is 98.7 cm³/mol. The quantitative estimate of drug-likeness (QED) is 0.760. The molecule has 6 nitrogen and oxygen atoms in total. The number of nitrogens with zero attached hydrogens (tertiary/aromatic N) is 3. The van der Waals surface area contributed by atoms with Gasteiger partial charge in [-0.1, -0.05) is 0 Å². The van der Waals surface area contributed by atoms with Crippen LogP contribution in [0, 0.1) is 0 Å². The maximum Gasteiger partial charge on any atom is 0.185 e. The number of benzene rings is 1. The molecule has 1 saturated heterocycles. The van der Waals surface area contributed by atoms with Crippen molar-refractivity contribution in [3.05, 3.63) is 41.4 Å². The zero-order valence-electron chi connectivity index (χ0n) is 14.3. The zero-order chi connectivity index (χ0) is 17.6. The van der Waals surface area contributed by atoms with E-state index in [0.717, 1.165) is 31.3 Å². The number of anilines is 1. The van der Waals surface area contributed by atoms with Gasteiger partial charge in [-0.3, -0.25) is 9.69 Å². The van der Waals surface area contributed by atoms with Gasteiger partial charge in [0, 0.05) is 49.9 Å². The van der Waals surface area contributed by atoms with Gasteiger partial charge in [0.2, 0.25) is 0 Å². The summed E-state index contributed by atoms with van der Waals surface area (Å²) in [4.78, 5) is 20.1. The van der Waals surface area contributed by atoms with Crippen LogP contribution in [0.25, 0.3) is 0 Å². The number of carbonyl (C=O) groups is 1. The van der Waals surface area contributed by atoms with E-state index in [0.29, 0.717) is 17.9 Å². The number of Topliss-reactive ketones (excluding diaryl/α,β-unsaturated/α-hetero) is 1. The van der Waals surface area contributed by atoms with Crippen LogP contribution in [0.15, 0.2) is 35.8 Å². The molecule has 1 aliphatic heterocycles. The van der Waals surface area contributed by atoms with Gasteiger partial charge in [-0.15, -0.1) is 11.3 Å². The third kappa shape index (κ3) is 5.01. The number of hydrogen-bond donors (Lipinski definition) is 1. The van der Waals surface area contributed by atoms with Gasteiger partial charge in [-0.25, -0.2) is 4.98 Å². The molecular weight excluding hydrogens is 338 g/mol. The molecule has 3 rings (SSSR count). The van der Waals surface area contributed by atoms with Gasteiger partial charge in [-0.05, 0) is 31.2 Å².